The molecule has 0 bridgehead atoms. The molecule has 7 nitrogen and oxygen atoms in total. The van der Waals surface area contributed by atoms with Gasteiger partial charge < -0.3 is 15.2 Å². The van der Waals surface area contributed by atoms with Crippen LogP contribution in [0.3, 0.4) is 0 Å². The molecular weight excluding hydrogens is 238 g/mol. The minimum Gasteiger partial charge on any atom is -0.497 e. The molecule has 18 heavy (non-hydrogen) atoms. The summed E-state index contributed by atoms with van der Waals surface area (Å²) in [6, 6.07) is 5.06. The van der Waals surface area contributed by atoms with Crippen LogP contribution < -0.4 is 20.6 Å². The van der Waals surface area contributed by atoms with Crippen molar-refractivity contribution in [3.8, 4) is 11.5 Å². The minimum atomic E-state index is -1.10. The molecular formula is C11H13N3O4. The van der Waals surface area contributed by atoms with Gasteiger partial charge in [-0.25, -0.2) is 5.43 Å². The molecule has 0 fully saturated rings. The highest BCUT2D eigenvalue weighted by atomic mass is 16.5. The zero-order valence-electron chi connectivity index (χ0n) is 9.97. The maximum atomic E-state index is 10.8. The second-order valence-corrected chi connectivity index (χ2v) is 3.17. The Bertz CT molecular complexity index is 485. The number of hydrazone groups is 1. The third kappa shape index (κ3) is 3.48. The lowest BCUT2D eigenvalue weighted by Gasteiger charge is -2.06. The first kappa shape index (κ1) is 13.5. The molecule has 1 aromatic rings. The lowest BCUT2D eigenvalue weighted by molar-refractivity contribution is -0.137. The van der Waals surface area contributed by atoms with Gasteiger partial charge in [0, 0.05) is 11.6 Å². The molecule has 0 unspecified atom stereocenters. The average molecular weight is 251 g/mol. The monoisotopic (exact) mass is 251 g/mol. The Hall–Kier alpha value is -2.57. The number of nitrogens with zero attached hydrogens (tertiary/aromatic N) is 1. The molecule has 0 heterocycles. The van der Waals surface area contributed by atoms with E-state index in [2.05, 4.69) is 5.10 Å². The van der Waals surface area contributed by atoms with Crippen molar-refractivity contribution in [2.45, 2.75) is 0 Å². The molecule has 0 atom stereocenters. The van der Waals surface area contributed by atoms with Crippen molar-refractivity contribution >= 4 is 18.0 Å². The van der Waals surface area contributed by atoms with Crippen LogP contribution in [0.2, 0.25) is 0 Å². The fourth-order valence-corrected chi connectivity index (χ4v) is 1.14. The molecule has 3 N–H and O–H groups in total. The van der Waals surface area contributed by atoms with Gasteiger partial charge in [0.25, 0.3) is 0 Å². The molecule has 2 amide bonds. The number of benzene rings is 1. The number of hydrogen-bond acceptors (Lipinski definition) is 5. The molecule has 1 rings (SSSR count). The second-order valence-electron chi connectivity index (χ2n) is 3.17. The molecule has 0 aromatic heterocycles. The summed E-state index contributed by atoms with van der Waals surface area (Å²) in [7, 11) is 3.03. The van der Waals surface area contributed by atoms with Crippen molar-refractivity contribution in [1.82, 2.24) is 5.43 Å². The van der Waals surface area contributed by atoms with Gasteiger partial charge in [0.05, 0.1) is 20.4 Å². The van der Waals surface area contributed by atoms with Crippen LogP contribution in [0.5, 0.6) is 11.5 Å². The lowest BCUT2D eigenvalue weighted by atomic mass is 10.2. The summed E-state index contributed by atoms with van der Waals surface area (Å²) >= 11 is 0. The Morgan fingerprint density at radius 1 is 1.33 bits per heavy atom. The van der Waals surface area contributed by atoms with Crippen molar-refractivity contribution in [2.75, 3.05) is 14.2 Å². The van der Waals surface area contributed by atoms with Gasteiger partial charge in [-0.05, 0) is 12.1 Å². The highest BCUT2D eigenvalue weighted by molar-refractivity contribution is 6.34. The van der Waals surface area contributed by atoms with E-state index in [-0.39, 0.29) is 0 Å². The number of amides is 2. The molecule has 0 aliphatic heterocycles. The smallest absolute Gasteiger partial charge is 0.329 e. The summed E-state index contributed by atoms with van der Waals surface area (Å²) in [5.41, 5.74) is 7.34. The quantitative estimate of drug-likeness (QED) is 0.433. The normalized spacial score (nSPS) is 10.1. The Labute approximate surface area is 104 Å². The number of carbonyl (C=O) groups excluding carboxylic acids is 2. The van der Waals surface area contributed by atoms with Crippen molar-refractivity contribution < 1.29 is 19.1 Å². The van der Waals surface area contributed by atoms with E-state index in [1.165, 1.54) is 20.4 Å². The topological polar surface area (TPSA) is 103 Å². The molecule has 0 radical (unpaired) electrons. The first-order valence-corrected chi connectivity index (χ1v) is 4.93. The van der Waals surface area contributed by atoms with Gasteiger partial charge >= 0.3 is 11.8 Å². The molecule has 0 aliphatic carbocycles. The average Bonchev–Trinajstić information content (AvgIpc) is 2.38. The van der Waals surface area contributed by atoms with E-state index < -0.39 is 11.8 Å². The molecule has 96 valence electrons. The SMILES string of the molecule is COc1ccc(C=NNC(=O)C(N)=O)c(OC)c1. The number of rotatable bonds is 4. The Balaban J connectivity index is 2.81. The highest BCUT2D eigenvalue weighted by Gasteiger charge is 2.06. The molecule has 1 aromatic carbocycles. The van der Waals surface area contributed by atoms with Gasteiger partial charge in [-0.3, -0.25) is 9.59 Å². The minimum absolute atomic E-state index is 0.520. The van der Waals surface area contributed by atoms with Crippen molar-refractivity contribution in [3.05, 3.63) is 23.8 Å². The van der Waals surface area contributed by atoms with Crippen LogP contribution >= 0.6 is 0 Å². The molecule has 0 saturated carbocycles. The van der Waals surface area contributed by atoms with E-state index in [0.29, 0.717) is 17.1 Å². The first-order chi connectivity index (χ1) is 8.58. The molecule has 0 saturated heterocycles. The predicted molar refractivity (Wildman–Crippen MR) is 64.5 cm³/mol. The maximum absolute atomic E-state index is 10.8. The summed E-state index contributed by atoms with van der Waals surface area (Å²) in [4.78, 5) is 21.3. The van der Waals surface area contributed by atoms with Crippen LogP contribution in [-0.2, 0) is 9.59 Å². The van der Waals surface area contributed by atoms with E-state index in [1.807, 2.05) is 5.43 Å². The van der Waals surface area contributed by atoms with Crippen LogP contribution in [0.4, 0.5) is 0 Å². The predicted octanol–water partition coefficient (Wildman–Crippen LogP) is -0.361. The summed E-state index contributed by atoms with van der Waals surface area (Å²) < 4.78 is 10.1. The van der Waals surface area contributed by atoms with E-state index in [4.69, 9.17) is 15.2 Å². The Morgan fingerprint density at radius 2 is 2.06 bits per heavy atom. The van der Waals surface area contributed by atoms with Crippen LogP contribution in [0, 0.1) is 0 Å². The van der Waals surface area contributed by atoms with E-state index in [1.54, 1.807) is 18.2 Å². The number of primary amides is 1. The second kappa shape index (κ2) is 6.24. The third-order valence-electron chi connectivity index (χ3n) is 2.03. The van der Waals surface area contributed by atoms with E-state index in [9.17, 15) is 9.59 Å². The number of ether oxygens (including phenoxy) is 2. The van der Waals surface area contributed by atoms with E-state index >= 15 is 0 Å². The van der Waals surface area contributed by atoms with Crippen molar-refractivity contribution in [2.24, 2.45) is 10.8 Å². The van der Waals surface area contributed by atoms with E-state index in [0.717, 1.165) is 0 Å². The number of nitrogens with one attached hydrogen (secondary N) is 1. The fraction of sp³-hybridized carbons (Fsp3) is 0.182. The number of carbonyl (C=O) groups is 2. The molecule has 7 heteroatoms. The Morgan fingerprint density at radius 3 is 2.61 bits per heavy atom. The Kier molecular flexibility index (Phi) is 4.67. The zero-order valence-corrected chi connectivity index (χ0v) is 9.97. The van der Waals surface area contributed by atoms with Crippen molar-refractivity contribution in [3.63, 3.8) is 0 Å². The standard InChI is InChI=1S/C11H13N3O4/c1-17-8-4-3-7(9(5-8)18-2)6-13-14-11(16)10(12)15/h3-6H,1-2H3,(H2,12,15)(H,14,16). The summed E-state index contributed by atoms with van der Waals surface area (Å²) in [5.74, 6) is -0.941. The van der Waals surface area contributed by atoms with Crippen LogP contribution in [0.25, 0.3) is 0 Å². The lowest BCUT2D eigenvalue weighted by Crippen LogP contribution is -2.32. The highest BCUT2D eigenvalue weighted by Crippen LogP contribution is 2.22. The fourth-order valence-electron chi connectivity index (χ4n) is 1.14. The van der Waals surface area contributed by atoms with Crippen molar-refractivity contribution in [1.29, 1.82) is 0 Å². The zero-order chi connectivity index (χ0) is 13.5. The van der Waals surface area contributed by atoms with Gasteiger partial charge in [0.1, 0.15) is 11.5 Å². The number of hydrogen-bond donors (Lipinski definition) is 2. The van der Waals surface area contributed by atoms with Gasteiger partial charge in [-0.1, -0.05) is 0 Å². The van der Waals surface area contributed by atoms with Gasteiger partial charge in [0.15, 0.2) is 0 Å². The summed E-state index contributed by atoms with van der Waals surface area (Å²) in [6.45, 7) is 0. The van der Waals surface area contributed by atoms with Crippen LogP contribution in [-0.4, -0.2) is 32.2 Å². The maximum Gasteiger partial charge on any atom is 0.329 e. The molecule has 0 aliphatic rings. The third-order valence-corrected chi connectivity index (χ3v) is 2.03. The largest absolute Gasteiger partial charge is 0.497 e. The van der Waals surface area contributed by atoms with Crippen LogP contribution in [0.15, 0.2) is 23.3 Å². The number of nitrogens with two attached hydrogens (primary N) is 1. The van der Waals surface area contributed by atoms with Gasteiger partial charge in [-0.2, -0.15) is 5.10 Å². The summed E-state index contributed by atoms with van der Waals surface area (Å²) in [5, 5.41) is 3.58. The summed E-state index contributed by atoms with van der Waals surface area (Å²) in [6.07, 6.45) is 1.33. The number of methoxy groups -OCH3 is 2. The van der Waals surface area contributed by atoms with Gasteiger partial charge in [-0.15, -0.1) is 0 Å². The molecule has 0 spiro atoms. The van der Waals surface area contributed by atoms with Crippen LogP contribution in [0.1, 0.15) is 5.56 Å². The van der Waals surface area contributed by atoms with Gasteiger partial charge in [0.2, 0.25) is 0 Å². The first-order valence-electron chi connectivity index (χ1n) is 4.93.